The van der Waals surface area contributed by atoms with Gasteiger partial charge in [0.1, 0.15) is 5.82 Å². The number of methoxy groups -OCH3 is 1. The van der Waals surface area contributed by atoms with Gasteiger partial charge < -0.3 is 4.74 Å². The second-order valence-electron chi connectivity index (χ2n) is 1.44. The van der Waals surface area contributed by atoms with Gasteiger partial charge in [0.2, 0.25) is 5.88 Å². The van der Waals surface area contributed by atoms with Crippen LogP contribution in [0.5, 0.6) is 5.88 Å². The van der Waals surface area contributed by atoms with Gasteiger partial charge in [-0.15, -0.1) is 0 Å². The molecule has 54 valence electrons. The summed E-state index contributed by atoms with van der Waals surface area (Å²) in [5, 5.41) is 0. The molecule has 0 bridgehead atoms. The fourth-order valence-electron chi connectivity index (χ4n) is 0.394. The molecule has 3 heteroatoms. The number of nitrogens with zero attached hydrogens (tertiary/aromatic N) is 1. The molecule has 1 heterocycles. The molecule has 0 amide bonds. The summed E-state index contributed by atoms with van der Waals surface area (Å²) in [4.78, 5) is 3.10. The summed E-state index contributed by atoms with van der Waals surface area (Å²) >= 11 is 0. The van der Waals surface area contributed by atoms with Crippen LogP contribution in [-0.4, -0.2) is 12.0 Å². The lowest BCUT2D eigenvalue weighted by Gasteiger charge is -1.98. The van der Waals surface area contributed by atoms with E-state index in [1.807, 2.05) is 0 Å². The molecule has 0 radical (unpaired) electrons. The molecule has 10 heavy (non-hydrogen) atoms. The lowest BCUT2D eigenvalue weighted by atomic mass is 10.3. The zero-order chi connectivity index (χ0) is 14.3. The minimum Gasteiger partial charge on any atom is -0.481 e. The Morgan fingerprint density at radius 2 is 2.80 bits per heavy atom. The summed E-state index contributed by atoms with van der Waals surface area (Å²) in [5.41, 5.74) is -1.08. The van der Waals surface area contributed by atoms with Gasteiger partial charge in [-0.2, -0.15) is 0 Å². The molecule has 0 aliphatic rings. The Kier molecular flexibility index (Phi) is 0.511. The molecule has 0 aromatic carbocycles. The lowest BCUT2D eigenvalue weighted by Crippen LogP contribution is -1.90. The van der Waals surface area contributed by atoms with E-state index in [0.717, 1.165) is 0 Å². The number of aromatic nitrogens is 1. The van der Waals surface area contributed by atoms with E-state index in [0.29, 0.717) is 0 Å². The third-order valence-corrected chi connectivity index (χ3v) is 0.804. The number of rotatable bonds is 1. The van der Waals surface area contributed by atoms with Crippen LogP contribution >= 0.6 is 0 Å². The van der Waals surface area contributed by atoms with Crippen molar-refractivity contribution in [3.8, 4) is 5.88 Å². The monoisotopic (exact) mass is 149 g/mol. The van der Waals surface area contributed by atoms with Crippen LogP contribution < -0.4 is 4.74 Å². The Morgan fingerprint density at radius 3 is 3.50 bits per heavy atom. The van der Waals surface area contributed by atoms with E-state index in [-0.39, 0.29) is 0 Å². The first-order chi connectivity index (χ1) is 7.93. The van der Waals surface area contributed by atoms with Crippen LogP contribution in [-0.2, 0) is 0 Å². The molecule has 1 rings (SSSR count). The molecule has 0 unspecified atom stereocenters. The second kappa shape index (κ2) is 2.64. The Balaban J connectivity index is 3.45. The molecule has 0 saturated carbocycles. The van der Waals surface area contributed by atoms with E-state index in [1.54, 1.807) is 0 Å². The van der Waals surface area contributed by atoms with Crippen molar-refractivity contribution in [3.05, 3.63) is 23.6 Å². The highest BCUT2D eigenvalue weighted by Gasteiger charge is 1.98. The van der Waals surface area contributed by atoms with E-state index in [4.69, 9.17) is 11.0 Å². The fourth-order valence-corrected chi connectivity index (χ4v) is 0.394. The van der Waals surface area contributed by atoms with Gasteiger partial charge in [-0.25, -0.2) is 9.37 Å². The third-order valence-electron chi connectivity index (χ3n) is 0.804. The standard InChI is InChI=1S/C7H8FNO/c1-5-3-7(10-2)9-4-6(5)8/h3-4H,1-2H3/i1D3,2D3,3D,4D. The van der Waals surface area contributed by atoms with Gasteiger partial charge in [-0.1, -0.05) is 0 Å². The summed E-state index contributed by atoms with van der Waals surface area (Å²) in [6.07, 6.45) is -1.09. The Hall–Kier alpha value is -1.12. The molecule has 2 nitrogen and oxygen atoms in total. The van der Waals surface area contributed by atoms with Crippen molar-refractivity contribution in [2.75, 3.05) is 7.04 Å². The van der Waals surface area contributed by atoms with E-state index in [9.17, 15) is 4.39 Å². The number of pyridine rings is 1. The molecule has 0 saturated heterocycles. The predicted octanol–water partition coefficient (Wildman–Crippen LogP) is 1.54. The molecular weight excluding hydrogens is 133 g/mol. The Labute approximate surface area is 69.9 Å². The highest BCUT2D eigenvalue weighted by atomic mass is 19.1. The van der Waals surface area contributed by atoms with Crippen molar-refractivity contribution in [2.24, 2.45) is 0 Å². The lowest BCUT2D eigenvalue weighted by molar-refractivity contribution is 0.395. The van der Waals surface area contributed by atoms with Crippen LogP contribution in [0.25, 0.3) is 0 Å². The Morgan fingerprint density at radius 1 is 1.90 bits per heavy atom. The van der Waals surface area contributed by atoms with Gasteiger partial charge in [-0.05, 0) is 12.4 Å². The van der Waals surface area contributed by atoms with Gasteiger partial charge >= 0.3 is 0 Å². The van der Waals surface area contributed by atoms with E-state index in [1.165, 1.54) is 0 Å². The minimum atomic E-state index is -3.01. The maximum absolute atomic E-state index is 13.4. The highest BCUT2D eigenvalue weighted by Crippen LogP contribution is 2.10. The highest BCUT2D eigenvalue weighted by molar-refractivity contribution is 5.20. The number of ether oxygens (including phenoxy) is 1. The molecule has 0 atom stereocenters. The van der Waals surface area contributed by atoms with Gasteiger partial charge in [0.05, 0.1) is 20.1 Å². The molecule has 0 N–H and O–H groups in total. The summed E-state index contributed by atoms with van der Waals surface area (Å²) < 4.78 is 73.8. The van der Waals surface area contributed by atoms with Crippen LogP contribution in [0.15, 0.2) is 12.2 Å². The maximum atomic E-state index is 13.4. The zero-order valence-corrected chi connectivity index (χ0v) is 4.73. The predicted molar refractivity (Wildman–Crippen MR) is 35.5 cm³/mol. The summed E-state index contributed by atoms with van der Waals surface area (Å²) in [6, 6.07) is -1.00. The van der Waals surface area contributed by atoms with E-state index < -0.39 is 43.4 Å². The molecule has 0 fully saturated rings. The minimum absolute atomic E-state index is 0.910. The van der Waals surface area contributed by atoms with Crippen LogP contribution in [0.4, 0.5) is 4.39 Å². The van der Waals surface area contributed by atoms with Crippen LogP contribution in [0.2, 0.25) is 0 Å². The molecule has 0 spiro atoms. The first kappa shape index (κ1) is 1.94. The van der Waals surface area contributed by atoms with Gasteiger partial charge in [0.25, 0.3) is 0 Å². The van der Waals surface area contributed by atoms with Crippen molar-refractivity contribution in [2.45, 2.75) is 6.85 Å². The van der Waals surface area contributed by atoms with Gasteiger partial charge in [0.15, 0.2) is 0 Å². The summed E-state index contributed by atoms with van der Waals surface area (Å²) in [7, 11) is -2.97. The van der Waals surface area contributed by atoms with Crippen LogP contribution in [0.1, 0.15) is 16.5 Å². The van der Waals surface area contributed by atoms with Crippen molar-refractivity contribution in [1.82, 2.24) is 4.98 Å². The number of halogens is 1. The van der Waals surface area contributed by atoms with Gasteiger partial charge in [0, 0.05) is 10.2 Å². The summed E-state index contributed by atoms with van der Waals surface area (Å²) in [6.45, 7) is -3.01. The van der Waals surface area contributed by atoms with Gasteiger partial charge in [-0.3, -0.25) is 0 Å². The largest absolute Gasteiger partial charge is 0.481 e. The first-order valence-electron chi connectivity index (χ1n) is 6.29. The molecule has 1 aromatic rings. The average Bonchev–Trinajstić information content (AvgIpc) is 2.09. The first-order valence-corrected chi connectivity index (χ1v) is 2.29. The zero-order valence-electron chi connectivity index (χ0n) is 12.7. The van der Waals surface area contributed by atoms with Crippen LogP contribution in [0.3, 0.4) is 0 Å². The van der Waals surface area contributed by atoms with Crippen molar-refractivity contribution in [3.63, 3.8) is 0 Å². The van der Waals surface area contributed by atoms with E-state index in [2.05, 4.69) is 9.72 Å². The number of hydrogen-bond acceptors (Lipinski definition) is 2. The molecule has 0 aliphatic heterocycles. The number of hydrogen-bond donors (Lipinski definition) is 0. The quantitative estimate of drug-likeness (QED) is 0.604. The molecule has 1 aromatic heterocycles. The topological polar surface area (TPSA) is 22.1 Å². The second-order valence-corrected chi connectivity index (χ2v) is 1.44. The fraction of sp³-hybridized carbons (Fsp3) is 0.286. The summed E-state index contributed by atoms with van der Waals surface area (Å²) in [5.74, 6) is -2.40. The smallest absolute Gasteiger partial charge is 0.213 e. The molecule has 0 aliphatic carbocycles. The third kappa shape index (κ3) is 1.23. The average molecular weight is 149 g/mol. The maximum Gasteiger partial charge on any atom is 0.213 e. The van der Waals surface area contributed by atoms with E-state index >= 15 is 0 Å². The van der Waals surface area contributed by atoms with Crippen molar-refractivity contribution in [1.29, 1.82) is 0 Å². The SMILES string of the molecule is [2H]c1nc(OC([2H])([2H])[2H])c([2H])c(C([2H])([2H])[2H])c1F. The molecular formula is C7H8FNO. The van der Waals surface area contributed by atoms with Crippen molar-refractivity contribution < 1.29 is 20.1 Å². The Bertz CT molecular complexity index is 468. The van der Waals surface area contributed by atoms with Crippen molar-refractivity contribution >= 4 is 0 Å². The van der Waals surface area contributed by atoms with Crippen LogP contribution in [0, 0.1) is 12.7 Å². The normalized spacial score (nSPS) is 23.7.